The zero-order chi connectivity index (χ0) is 16.1. The minimum Gasteiger partial charge on any atom is -0.462 e. The number of ether oxygens (including phenoxy) is 1. The third kappa shape index (κ3) is 3.58. The fourth-order valence-electron chi connectivity index (χ4n) is 2.14. The van der Waals surface area contributed by atoms with E-state index in [-0.39, 0.29) is 17.8 Å². The van der Waals surface area contributed by atoms with Crippen molar-refractivity contribution in [2.75, 3.05) is 6.61 Å². The van der Waals surface area contributed by atoms with Gasteiger partial charge in [-0.1, -0.05) is 29.8 Å². The number of pyridine rings is 1. The molecule has 0 saturated carbocycles. The minimum absolute atomic E-state index is 0.0360. The molecule has 0 unspecified atom stereocenters. The SMILES string of the molecule is CCOC(=O)c1cc[n+]([C@H](C)C(=O)c2ccc(C)cc2)cc1. The molecule has 114 valence electrons. The minimum atomic E-state index is -0.354. The first-order valence-electron chi connectivity index (χ1n) is 7.31. The third-order valence-corrected chi connectivity index (χ3v) is 3.53. The van der Waals surface area contributed by atoms with Gasteiger partial charge in [0, 0.05) is 24.6 Å². The second-order valence-electron chi connectivity index (χ2n) is 5.16. The molecule has 0 fully saturated rings. The fraction of sp³-hybridized carbons (Fsp3) is 0.278. The molecule has 2 aromatic rings. The molecule has 0 bridgehead atoms. The summed E-state index contributed by atoms with van der Waals surface area (Å²) < 4.78 is 6.72. The summed E-state index contributed by atoms with van der Waals surface area (Å²) in [6.07, 6.45) is 3.45. The van der Waals surface area contributed by atoms with E-state index in [4.69, 9.17) is 4.74 Å². The first-order valence-corrected chi connectivity index (χ1v) is 7.31. The quantitative estimate of drug-likeness (QED) is 0.484. The van der Waals surface area contributed by atoms with Gasteiger partial charge in [-0.05, 0) is 13.8 Å². The van der Waals surface area contributed by atoms with Crippen molar-refractivity contribution in [3.8, 4) is 0 Å². The van der Waals surface area contributed by atoms with E-state index in [2.05, 4.69) is 0 Å². The lowest BCUT2D eigenvalue weighted by molar-refractivity contribution is -0.704. The second kappa shape index (κ2) is 6.98. The number of aromatic nitrogens is 1. The Balaban J connectivity index is 2.15. The van der Waals surface area contributed by atoms with Gasteiger partial charge in [0.05, 0.1) is 12.2 Å². The average Bonchev–Trinajstić information content (AvgIpc) is 2.54. The average molecular weight is 298 g/mol. The van der Waals surface area contributed by atoms with Crippen LogP contribution in [0.3, 0.4) is 0 Å². The predicted molar refractivity (Wildman–Crippen MR) is 82.8 cm³/mol. The van der Waals surface area contributed by atoms with Crippen molar-refractivity contribution in [3.63, 3.8) is 0 Å². The van der Waals surface area contributed by atoms with E-state index in [0.29, 0.717) is 17.7 Å². The van der Waals surface area contributed by atoms with Crippen molar-refractivity contribution < 1.29 is 18.9 Å². The van der Waals surface area contributed by atoms with Gasteiger partial charge in [-0.15, -0.1) is 0 Å². The molecule has 0 N–H and O–H groups in total. The number of aryl methyl sites for hydroxylation is 1. The Hall–Kier alpha value is -2.49. The van der Waals surface area contributed by atoms with E-state index in [1.807, 2.05) is 38.1 Å². The summed E-state index contributed by atoms with van der Waals surface area (Å²) in [5, 5.41) is 0. The summed E-state index contributed by atoms with van der Waals surface area (Å²) >= 11 is 0. The van der Waals surface area contributed by atoms with Gasteiger partial charge in [-0.2, -0.15) is 4.57 Å². The van der Waals surface area contributed by atoms with Gasteiger partial charge < -0.3 is 4.74 Å². The number of esters is 1. The largest absolute Gasteiger partial charge is 0.462 e. The maximum Gasteiger partial charge on any atom is 0.338 e. The Morgan fingerprint density at radius 1 is 1.05 bits per heavy atom. The van der Waals surface area contributed by atoms with Crippen LogP contribution in [0.4, 0.5) is 0 Å². The topological polar surface area (TPSA) is 47.2 Å². The van der Waals surface area contributed by atoms with Crippen LogP contribution in [-0.2, 0) is 4.74 Å². The lowest BCUT2D eigenvalue weighted by Gasteiger charge is -2.07. The van der Waals surface area contributed by atoms with Crippen molar-refractivity contribution in [1.29, 1.82) is 0 Å². The third-order valence-electron chi connectivity index (χ3n) is 3.53. The van der Waals surface area contributed by atoms with E-state index >= 15 is 0 Å². The van der Waals surface area contributed by atoms with Crippen LogP contribution >= 0.6 is 0 Å². The molecule has 22 heavy (non-hydrogen) atoms. The molecule has 1 aromatic carbocycles. The number of carbonyl (C=O) groups excluding carboxylic acids is 2. The lowest BCUT2D eigenvalue weighted by atomic mass is 10.0. The van der Waals surface area contributed by atoms with Crippen molar-refractivity contribution in [2.24, 2.45) is 0 Å². The van der Waals surface area contributed by atoms with Crippen molar-refractivity contribution in [3.05, 3.63) is 65.5 Å². The number of nitrogens with zero attached hydrogens (tertiary/aromatic N) is 1. The fourth-order valence-corrected chi connectivity index (χ4v) is 2.14. The van der Waals surface area contributed by atoms with Crippen LogP contribution in [0.15, 0.2) is 48.8 Å². The van der Waals surface area contributed by atoms with E-state index in [0.717, 1.165) is 5.56 Å². The first-order chi connectivity index (χ1) is 10.5. The van der Waals surface area contributed by atoms with Crippen LogP contribution in [0.2, 0.25) is 0 Å². The van der Waals surface area contributed by atoms with Crippen molar-refractivity contribution in [1.82, 2.24) is 0 Å². The Morgan fingerprint density at radius 3 is 2.18 bits per heavy atom. The molecule has 0 aliphatic heterocycles. The number of Topliss-reactive ketones (excluding diaryl/α,β-unsaturated/α-hetero) is 1. The standard InChI is InChI=1S/C18H20NO3/c1-4-22-18(21)16-9-11-19(12-10-16)14(3)17(20)15-7-5-13(2)6-8-15/h5-12,14H,4H2,1-3H3/q+1/t14-/m1/s1. The first kappa shape index (κ1) is 15.9. The summed E-state index contributed by atoms with van der Waals surface area (Å²) in [4.78, 5) is 24.1. The van der Waals surface area contributed by atoms with Crippen molar-refractivity contribution >= 4 is 11.8 Å². The Labute approximate surface area is 130 Å². The van der Waals surface area contributed by atoms with E-state index in [1.54, 1.807) is 36.0 Å². The number of carbonyl (C=O) groups is 2. The van der Waals surface area contributed by atoms with Crippen LogP contribution < -0.4 is 4.57 Å². The van der Waals surface area contributed by atoms with Crippen LogP contribution in [-0.4, -0.2) is 18.4 Å². The maximum absolute atomic E-state index is 12.5. The zero-order valence-electron chi connectivity index (χ0n) is 13.1. The van der Waals surface area contributed by atoms with Gasteiger partial charge in [0.1, 0.15) is 0 Å². The van der Waals surface area contributed by atoms with E-state index in [9.17, 15) is 9.59 Å². The normalized spacial score (nSPS) is 11.8. The summed E-state index contributed by atoms with van der Waals surface area (Å²) in [5.74, 6) is -0.318. The number of rotatable bonds is 5. The highest BCUT2D eigenvalue weighted by atomic mass is 16.5. The van der Waals surface area contributed by atoms with Crippen LogP contribution in [0, 0.1) is 6.92 Å². The molecule has 0 spiro atoms. The van der Waals surface area contributed by atoms with Crippen LogP contribution in [0.1, 0.15) is 46.2 Å². The molecule has 0 aliphatic rings. The molecule has 1 aromatic heterocycles. The summed E-state index contributed by atoms with van der Waals surface area (Å²) in [6, 6.07) is 10.5. The smallest absolute Gasteiger partial charge is 0.338 e. The van der Waals surface area contributed by atoms with Gasteiger partial charge >= 0.3 is 5.97 Å². The molecule has 1 heterocycles. The molecule has 0 amide bonds. The van der Waals surface area contributed by atoms with Crippen LogP contribution in [0.25, 0.3) is 0 Å². The monoisotopic (exact) mass is 298 g/mol. The summed E-state index contributed by atoms with van der Waals surface area (Å²) in [7, 11) is 0. The highest BCUT2D eigenvalue weighted by Crippen LogP contribution is 2.10. The number of ketones is 1. The Kier molecular flexibility index (Phi) is 5.04. The highest BCUT2D eigenvalue weighted by molar-refractivity contribution is 5.97. The molecule has 4 heteroatoms. The molecule has 0 saturated heterocycles. The lowest BCUT2D eigenvalue weighted by Crippen LogP contribution is -2.41. The number of hydrogen-bond acceptors (Lipinski definition) is 3. The van der Waals surface area contributed by atoms with Gasteiger partial charge in [0.15, 0.2) is 12.4 Å². The maximum atomic E-state index is 12.5. The molecule has 0 radical (unpaired) electrons. The van der Waals surface area contributed by atoms with Gasteiger partial charge in [0.25, 0.3) is 0 Å². The molecule has 1 atom stereocenters. The number of hydrogen-bond donors (Lipinski definition) is 0. The van der Waals surface area contributed by atoms with Gasteiger partial charge in [0.2, 0.25) is 11.8 Å². The molecule has 0 aliphatic carbocycles. The Bertz CT molecular complexity index is 660. The van der Waals surface area contributed by atoms with Crippen LogP contribution in [0.5, 0.6) is 0 Å². The predicted octanol–water partition coefficient (Wildman–Crippen LogP) is 2.90. The van der Waals surface area contributed by atoms with Gasteiger partial charge in [-0.3, -0.25) is 4.79 Å². The van der Waals surface area contributed by atoms with E-state index < -0.39 is 0 Å². The van der Waals surface area contributed by atoms with E-state index in [1.165, 1.54) is 0 Å². The van der Waals surface area contributed by atoms with Crippen molar-refractivity contribution in [2.45, 2.75) is 26.8 Å². The number of benzene rings is 1. The summed E-state index contributed by atoms with van der Waals surface area (Å²) in [5.41, 5.74) is 2.28. The van der Waals surface area contributed by atoms with Gasteiger partial charge in [-0.25, -0.2) is 4.79 Å². The molecule has 2 rings (SSSR count). The highest BCUT2D eigenvalue weighted by Gasteiger charge is 2.23. The zero-order valence-corrected chi connectivity index (χ0v) is 13.1. The molecule has 4 nitrogen and oxygen atoms in total. The second-order valence-corrected chi connectivity index (χ2v) is 5.16. The molecular formula is C18H20NO3+. The summed E-state index contributed by atoms with van der Waals surface area (Å²) in [6.45, 7) is 5.94. The molecular weight excluding hydrogens is 278 g/mol. The Morgan fingerprint density at radius 2 is 1.64 bits per heavy atom.